The van der Waals surface area contributed by atoms with Crippen LogP contribution in [0.3, 0.4) is 0 Å². The molecule has 10 nitrogen and oxygen atoms in total. The molecular weight excluding hydrogens is 487 g/mol. The quantitative estimate of drug-likeness (QED) is 0.277. The number of pyridine rings is 1. The molecular formula is C24H14ClFN8O2. The van der Waals surface area contributed by atoms with Crippen molar-refractivity contribution in [1.29, 1.82) is 0 Å². The molecule has 0 aliphatic rings. The first kappa shape index (κ1) is 22.8. The van der Waals surface area contributed by atoms with E-state index >= 15 is 0 Å². The maximum absolute atomic E-state index is 13.9. The van der Waals surface area contributed by atoms with Crippen LogP contribution < -0.4 is 5.32 Å². The van der Waals surface area contributed by atoms with Crippen molar-refractivity contribution in [3.63, 3.8) is 0 Å². The van der Waals surface area contributed by atoms with E-state index in [1.165, 1.54) is 24.7 Å². The van der Waals surface area contributed by atoms with Crippen molar-refractivity contribution < 1.29 is 14.3 Å². The average molecular weight is 501 g/mol. The zero-order valence-electron chi connectivity index (χ0n) is 18.2. The minimum atomic E-state index is -1.16. The highest BCUT2D eigenvalue weighted by Crippen LogP contribution is 2.19. The molecule has 0 saturated carbocycles. The van der Waals surface area contributed by atoms with Gasteiger partial charge in [-0.3, -0.25) is 0 Å². The van der Waals surface area contributed by atoms with Crippen LogP contribution in [0, 0.1) is 17.8 Å². The van der Waals surface area contributed by atoms with Crippen LogP contribution in [0.25, 0.3) is 22.4 Å². The van der Waals surface area contributed by atoms with Crippen molar-refractivity contribution in [2.24, 2.45) is 0 Å². The molecule has 0 unspecified atom stereocenters. The van der Waals surface area contributed by atoms with Crippen LogP contribution in [0.1, 0.15) is 16.8 Å². The van der Waals surface area contributed by atoms with Gasteiger partial charge in [0.1, 0.15) is 11.4 Å². The molecule has 0 amide bonds. The minimum absolute atomic E-state index is 0.0457. The summed E-state index contributed by atoms with van der Waals surface area (Å²) in [6, 6.07) is 9.90. The van der Waals surface area contributed by atoms with Crippen LogP contribution in [0.15, 0.2) is 61.2 Å². The third kappa shape index (κ3) is 4.79. The third-order valence-electron chi connectivity index (χ3n) is 4.99. The van der Waals surface area contributed by atoms with Crippen LogP contribution in [0.5, 0.6) is 0 Å². The summed E-state index contributed by atoms with van der Waals surface area (Å²) < 4.78 is 14.8. The van der Waals surface area contributed by atoms with E-state index in [0.717, 1.165) is 4.68 Å². The first-order valence-electron chi connectivity index (χ1n) is 10.4. The molecule has 4 aromatic heterocycles. The molecule has 4 heterocycles. The van der Waals surface area contributed by atoms with E-state index < -0.39 is 12.0 Å². The second-order valence-electron chi connectivity index (χ2n) is 7.31. The van der Waals surface area contributed by atoms with Crippen molar-refractivity contribution in [2.75, 3.05) is 5.32 Å². The van der Waals surface area contributed by atoms with Gasteiger partial charge in [0.05, 0.1) is 16.7 Å². The molecule has 176 valence electrons. The second kappa shape index (κ2) is 9.73. The van der Waals surface area contributed by atoms with Crippen molar-refractivity contribution in [1.82, 2.24) is 34.7 Å². The zero-order valence-corrected chi connectivity index (χ0v) is 19.0. The fourth-order valence-corrected chi connectivity index (χ4v) is 3.49. The Balaban J connectivity index is 1.35. The summed E-state index contributed by atoms with van der Waals surface area (Å²) in [5.74, 6) is 5.88. The van der Waals surface area contributed by atoms with Crippen molar-refractivity contribution in [3.05, 3.63) is 89.0 Å². The highest BCUT2D eigenvalue weighted by atomic mass is 35.5. The summed E-state index contributed by atoms with van der Waals surface area (Å²) >= 11 is 6.04. The Morgan fingerprint density at radius 2 is 1.89 bits per heavy atom. The minimum Gasteiger partial charge on any atom is -0.463 e. The zero-order chi connectivity index (χ0) is 25.1. The number of halogens is 2. The van der Waals surface area contributed by atoms with Gasteiger partial charge in [0.25, 0.3) is 0 Å². The molecule has 36 heavy (non-hydrogen) atoms. The van der Waals surface area contributed by atoms with E-state index in [-0.39, 0.29) is 23.1 Å². The van der Waals surface area contributed by atoms with E-state index in [0.29, 0.717) is 33.7 Å². The van der Waals surface area contributed by atoms with Gasteiger partial charge in [-0.25, -0.2) is 29.7 Å². The number of hydrogen-bond acceptors (Lipinski definition) is 8. The summed E-state index contributed by atoms with van der Waals surface area (Å²) in [7, 11) is 0. The van der Waals surface area contributed by atoms with Gasteiger partial charge in [-0.2, -0.15) is 14.2 Å². The van der Waals surface area contributed by atoms with Gasteiger partial charge in [-0.05, 0) is 42.3 Å². The lowest BCUT2D eigenvalue weighted by Crippen LogP contribution is -2.08. The monoisotopic (exact) mass is 500 g/mol. The van der Waals surface area contributed by atoms with E-state index in [2.05, 4.69) is 47.2 Å². The summed E-state index contributed by atoms with van der Waals surface area (Å²) in [4.78, 5) is 32.0. The highest BCUT2D eigenvalue weighted by Gasteiger charge is 2.11. The predicted molar refractivity (Wildman–Crippen MR) is 129 cm³/mol. The molecule has 0 saturated heterocycles. The van der Waals surface area contributed by atoms with Crippen LogP contribution in [-0.2, 0) is 6.54 Å². The molecule has 5 rings (SSSR count). The van der Waals surface area contributed by atoms with Gasteiger partial charge in [0, 0.05) is 41.6 Å². The average Bonchev–Trinajstić information content (AvgIpc) is 3.31. The lowest BCUT2D eigenvalue weighted by molar-refractivity contribution is 0.194. The number of nitrogens with one attached hydrogen (secondary N) is 1. The number of anilines is 1. The lowest BCUT2D eigenvalue weighted by atomic mass is 10.1. The SMILES string of the molecule is O=C(O)n1ncc2cc(C#Cc3ccnc(-c4ccnc(NCc5c(Cl)ccnc5F)n4)n3)ccc21. The van der Waals surface area contributed by atoms with Crippen LogP contribution in [-0.4, -0.2) is 45.9 Å². The fourth-order valence-electron chi connectivity index (χ4n) is 3.29. The summed E-state index contributed by atoms with van der Waals surface area (Å²) in [5, 5.41) is 16.8. The Bertz CT molecular complexity index is 1660. The second-order valence-corrected chi connectivity index (χ2v) is 7.72. The van der Waals surface area contributed by atoms with Gasteiger partial charge in [0.15, 0.2) is 5.82 Å². The number of nitrogens with zero attached hydrogens (tertiary/aromatic N) is 7. The molecule has 1 aromatic carbocycles. The topological polar surface area (TPSA) is 132 Å². The van der Waals surface area contributed by atoms with Gasteiger partial charge < -0.3 is 10.4 Å². The van der Waals surface area contributed by atoms with Crippen molar-refractivity contribution in [3.8, 4) is 23.4 Å². The van der Waals surface area contributed by atoms with Crippen LogP contribution in [0.4, 0.5) is 15.1 Å². The first-order valence-corrected chi connectivity index (χ1v) is 10.8. The molecule has 0 aliphatic carbocycles. The van der Waals surface area contributed by atoms with Crippen LogP contribution >= 0.6 is 11.6 Å². The summed E-state index contributed by atoms with van der Waals surface area (Å²) in [6.07, 6.45) is 4.69. The molecule has 0 atom stereocenters. The van der Waals surface area contributed by atoms with Gasteiger partial charge in [0.2, 0.25) is 11.9 Å². The maximum atomic E-state index is 13.9. The number of hydrogen-bond donors (Lipinski definition) is 2. The Morgan fingerprint density at radius 3 is 2.72 bits per heavy atom. The summed E-state index contributed by atoms with van der Waals surface area (Å²) in [6.45, 7) is 0.0457. The fraction of sp³-hybridized carbons (Fsp3) is 0.0417. The van der Waals surface area contributed by atoms with E-state index in [9.17, 15) is 9.18 Å². The maximum Gasteiger partial charge on any atom is 0.432 e. The Morgan fingerprint density at radius 1 is 1.06 bits per heavy atom. The largest absolute Gasteiger partial charge is 0.463 e. The standard InChI is InChI=1S/C24H14ClFN8O2/c25-18-6-9-27-21(26)17(18)13-30-23-29-10-7-19(33-23)22-28-8-5-16(32-22)3-1-14-2-4-20-15(11-14)12-31-34(20)24(35)36/h2,4-12H,13H2,(H,35,36)(H,29,30,33). The molecule has 0 fully saturated rings. The number of carbonyl (C=O) groups is 1. The molecule has 0 bridgehead atoms. The summed E-state index contributed by atoms with van der Waals surface area (Å²) in [5.41, 5.74) is 2.24. The smallest absolute Gasteiger partial charge is 0.432 e. The number of aromatic nitrogens is 7. The Kier molecular flexibility index (Phi) is 6.17. The van der Waals surface area contributed by atoms with Crippen LogP contribution in [0.2, 0.25) is 5.02 Å². The first-order chi connectivity index (χ1) is 17.5. The molecule has 5 aromatic rings. The van der Waals surface area contributed by atoms with Gasteiger partial charge in [-0.1, -0.05) is 17.5 Å². The van der Waals surface area contributed by atoms with E-state index in [4.69, 9.17) is 16.7 Å². The third-order valence-corrected chi connectivity index (χ3v) is 5.35. The van der Waals surface area contributed by atoms with E-state index in [1.807, 2.05) is 0 Å². The van der Waals surface area contributed by atoms with Crippen molar-refractivity contribution >= 4 is 34.5 Å². The molecule has 0 radical (unpaired) electrons. The molecule has 12 heteroatoms. The molecule has 2 N–H and O–H groups in total. The number of benzene rings is 1. The van der Waals surface area contributed by atoms with Gasteiger partial charge in [-0.15, -0.1) is 0 Å². The number of rotatable bonds is 4. The molecule has 0 spiro atoms. The normalized spacial score (nSPS) is 10.6. The Labute approximate surface area is 207 Å². The molecule has 0 aliphatic heterocycles. The van der Waals surface area contributed by atoms with Gasteiger partial charge >= 0.3 is 6.09 Å². The van der Waals surface area contributed by atoms with E-state index in [1.54, 1.807) is 36.5 Å². The Hall–Kier alpha value is -4.95. The number of fused-ring (bicyclic) bond motifs is 1. The highest BCUT2D eigenvalue weighted by molar-refractivity contribution is 6.31. The lowest BCUT2D eigenvalue weighted by Gasteiger charge is -2.08. The predicted octanol–water partition coefficient (Wildman–Crippen LogP) is 4.01. The van der Waals surface area contributed by atoms with Crippen molar-refractivity contribution in [2.45, 2.75) is 6.54 Å². The number of carboxylic acid groups (broad SMARTS) is 1.